The Hall–Kier alpha value is -4.53. The maximum absolute atomic E-state index is 10.8. The number of phenolic OH excluding ortho intramolecular Hbond substituents is 1. The van der Waals surface area contributed by atoms with E-state index in [0.29, 0.717) is 39.9 Å². The zero-order chi connectivity index (χ0) is 23.4. The lowest BCUT2D eigenvalue weighted by atomic mass is 10.1. The molecule has 0 saturated carbocycles. The van der Waals surface area contributed by atoms with Crippen LogP contribution in [0.5, 0.6) is 28.7 Å². The molecular formula is C24H21N3O6. The highest BCUT2D eigenvalue weighted by atomic mass is 16.6. The lowest BCUT2D eigenvalue weighted by molar-refractivity contribution is -0.384. The van der Waals surface area contributed by atoms with Crippen LogP contribution in [0, 0.1) is 17.0 Å². The molecule has 4 aromatic rings. The molecule has 0 aliphatic heterocycles. The van der Waals surface area contributed by atoms with Crippen molar-refractivity contribution in [1.82, 2.24) is 10.2 Å². The fourth-order valence-electron chi connectivity index (χ4n) is 3.22. The Morgan fingerprint density at radius 1 is 1.06 bits per heavy atom. The molecule has 0 fully saturated rings. The van der Waals surface area contributed by atoms with Crippen LogP contribution in [0.25, 0.3) is 11.3 Å². The molecule has 0 radical (unpaired) electrons. The predicted octanol–water partition coefficient (Wildman–Crippen LogP) is 5.38. The van der Waals surface area contributed by atoms with Gasteiger partial charge in [0.25, 0.3) is 5.69 Å². The van der Waals surface area contributed by atoms with Gasteiger partial charge in [-0.1, -0.05) is 12.1 Å². The summed E-state index contributed by atoms with van der Waals surface area (Å²) in [5, 5.41) is 28.6. The van der Waals surface area contributed by atoms with Crippen molar-refractivity contribution in [3.8, 4) is 40.0 Å². The van der Waals surface area contributed by atoms with Crippen LogP contribution in [-0.2, 0) is 6.61 Å². The molecule has 2 N–H and O–H groups in total. The molecule has 9 heteroatoms. The summed E-state index contributed by atoms with van der Waals surface area (Å²) in [7, 11) is 1.56. The van der Waals surface area contributed by atoms with E-state index in [0.717, 1.165) is 5.56 Å². The Labute approximate surface area is 189 Å². The number of hydrogen-bond acceptors (Lipinski definition) is 7. The minimum absolute atomic E-state index is 0.0150. The number of rotatable bonds is 8. The van der Waals surface area contributed by atoms with Gasteiger partial charge in [0.1, 0.15) is 23.8 Å². The predicted molar refractivity (Wildman–Crippen MR) is 121 cm³/mol. The number of benzene rings is 3. The van der Waals surface area contributed by atoms with Crippen LogP contribution in [0.3, 0.4) is 0 Å². The largest absolute Gasteiger partial charge is 0.507 e. The van der Waals surface area contributed by atoms with Crippen LogP contribution in [0.2, 0.25) is 0 Å². The second-order valence-electron chi connectivity index (χ2n) is 7.17. The number of non-ortho nitro benzene ring substituents is 1. The van der Waals surface area contributed by atoms with Crippen LogP contribution in [0.15, 0.2) is 66.7 Å². The Morgan fingerprint density at radius 3 is 2.45 bits per heavy atom. The summed E-state index contributed by atoms with van der Waals surface area (Å²) in [5.74, 6) is 1.97. The van der Waals surface area contributed by atoms with E-state index in [1.165, 1.54) is 18.2 Å². The highest BCUT2D eigenvalue weighted by molar-refractivity contribution is 5.74. The lowest BCUT2D eigenvalue weighted by Crippen LogP contribution is -1.96. The molecule has 3 aromatic carbocycles. The number of nitro benzene ring substituents is 1. The summed E-state index contributed by atoms with van der Waals surface area (Å²) < 4.78 is 17.1. The van der Waals surface area contributed by atoms with Gasteiger partial charge >= 0.3 is 0 Å². The van der Waals surface area contributed by atoms with Gasteiger partial charge in [-0.2, -0.15) is 5.10 Å². The Morgan fingerprint density at radius 2 is 1.79 bits per heavy atom. The zero-order valence-corrected chi connectivity index (χ0v) is 17.9. The second kappa shape index (κ2) is 9.31. The van der Waals surface area contributed by atoms with E-state index in [1.807, 2.05) is 19.1 Å². The summed E-state index contributed by atoms with van der Waals surface area (Å²) in [4.78, 5) is 10.3. The zero-order valence-electron chi connectivity index (χ0n) is 17.9. The van der Waals surface area contributed by atoms with E-state index in [-0.39, 0.29) is 18.0 Å². The van der Waals surface area contributed by atoms with Gasteiger partial charge in [0.05, 0.1) is 17.7 Å². The summed E-state index contributed by atoms with van der Waals surface area (Å²) in [5.41, 5.74) is 2.37. The van der Waals surface area contributed by atoms with E-state index >= 15 is 0 Å². The van der Waals surface area contributed by atoms with Crippen LogP contribution >= 0.6 is 0 Å². The van der Waals surface area contributed by atoms with Gasteiger partial charge in [-0.3, -0.25) is 15.2 Å². The molecule has 0 spiro atoms. The van der Waals surface area contributed by atoms with Crippen LogP contribution in [0.1, 0.15) is 11.3 Å². The van der Waals surface area contributed by atoms with Crippen LogP contribution in [-0.4, -0.2) is 27.3 Å². The third kappa shape index (κ3) is 4.72. The number of aromatic hydroxyl groups is 1. The first-order chi connectivity index (χ1) is 16.0. The molecule has 0 saturated heterocycles. The van der Waals surface area contributed by atoms with Gasteiger partial charge in [-0.05, 0) is 48.9 Å². The number of methoxy groups -OCH3 is 1. The maximum Gasteiger partial charge on any atom is 0.269 e. The van der Waals surface area contributed by atoms with E-state index in [1.54, 1.807) is 43.5 Å². The van der Waals surface area contributed by atoms with Crippen molar-refractivity contribution in [3.63, 3.8) is 0 Å². The highest BCUT2D eigenvalue weighted by Gasteiger charge is 2.19. The number of para-hydroxylation sites is 2. The number of H-pyrrole nitrogens is 1. The third-order valence-electron chi connectivity index (χ3n) is 4.95. The van der Waals surface area contributed by atoms with Crippen molar-refractivity contribution in [3.05, 3.63) is 88.1 Å². The first-order valence-electron chi connectivity index (χ1n) is 10.0. The molecule has 33 heavy (non-hydrogen) atoms. The molecule has 0 bridgehead atoms. The van der Waals surface area contributed by atoms with Gasteiger partial charge in [-0.25, -0.2) is 0 Å². The van der Waals surface area contributed by atoms with Gasteiger partial charge < -0.3 is 19.3 Å². The third-order valence-corrected chi connectivity index (χ3v) is 4.95. The highest BCUT2D eigenvalue weighted by Crippen LogP contribution is 2.41. The fourth-order valence-corrected chi connectivity index (χ4v) is 3.22. The average Bonchev–Trinajstić information content (AvgIpc) is 3.18. The standard InChI is InChI=1S/C24H21N3O6/c1-15-24(33-22-6-4-3-5-21(22)31-2)23(26-25-15)19-12-11-18(13-20(19)28)32-14-16-7-9-17(10-8-16)27(29)30/h3-13,28H,14H2,1-2H3,(H,25,26). The molecule has 0 amide bonds. The summed E-state index contributed by atoms with van der Waals surface area (Å²) in [6.07, 6.45) is 0. The van der Waals surface area contributed by atoms with Crippen molar-refractivity contribution >= 4 is 5.69 Å². The average molecular weight is 447 g/mol. The summed E-state index contributed by atoms with van der Waals surface area (Å²) in [6.45, 7) is 2.01. The maximum atomic E-state index is 10.8. The summed E-state index contributed by atoms with van der Waals surface area (Å²) >= 11 is 0. The number of aromatic nitrogens is 2. The number of ether oxygens (including phenoxy) is 3. The topological polar surface area (TPSA) is 120 Å². The van der Waals surface area contributed by atoms with Crippen molar-refractivity contribution in [2.75, 3.05) is 7.11 Å². The summed E-state index contributed by atoms with van der Waals surface area (Å²) in [6, 6.07) is 18.2. The first kappa shape index (κ1) is 21.7. The minimum Gasteiger partial charge on any atom is -0.507 e. The molecule has 0 aliphatic rings. The van der Waals surface area contributed by atoms with Crippen molar-refractivity contribution in [2.45, 2.75) is 13.5 Å². The quantitative estimate of drug-likeness (QED) is 0.275. The van der Waals surface area contributed by atoms with Gasteiger partial charge in [0.15, 0.2) is 17.2 Å². The lowest BCUT2D eigenvalue weighted by Gasteiger charge is -2.12. The van der Waals surface area contributed by atoms with Crippen molar-refractivity contribution in [1.29, 1.82) is 0 Å². The first-order valence-corrected chi connectivity index (χ1v) is 10.0. The molecule has 4 rings (SSSR count). The minimum atomic E-state index is -0.454. The number of nitrogens with zero attached hydrogens (tertiary/aromatic N) is 2. The molecule has 168 valence electrons. The molecule has 1 aromatic heterocycles. The Bertz CT molecular complexity index is 1280. The SMILES string of the molecule is COc1ccccc1Oc1c(-c2ccc(OCc3ccc([N+](=O)[O-])cc3)cc2O)n[nH]c1C. The van der Waals surface area contributed by atoms with Crippen molar-refractivity contribution < 1.29 is 24.2 Å². The Balaban J connectivity index is 1.53. The molecular weight excluding hydrogens is 426 g/mol. The van der Waals surface area contributed by atoms with E-state index in [2.05, 4.69) is 10.2 Å². The number of nitrogens with one attached hydrogen (secondary N) is 1. The smallest absolute Gasteiger partial charge is 0.269 e. The molecule has 1 heterocycles. The van der Waals surface area contributed by atoms with E-state index in [9.17, 15) is 15.2 Å². The Kier molecular flexibility index (Phi) is 6.12. The normalized spacial score (nSPS) is 10.6. The molecule has 9 nitrogen and oxygen atoms in total. The number of aryl methyl sites for hydroxylation is 1. The van der Waals surface area contributed by atoms with E-state index in [4.69, 9.17) is 14.2 Å². The number of nitro groups is 1. The van der Waals surface area contributed by atoms with Gasteiger partial charge in [0.2, 0.25) is 0 Å². The molecule has 0 unspecified atom stereocenters. The van der Waals surface area contributed by atoms with Crippen LogP contribution in [0.4, 0.5) is 5.69 Å². The number of hydrogen-bond donors (Lipinski definition) is 2. The molecule has 0 aliphatic carbocycles. The second-order valence-corrected chi connectivity index (χ2v) is 7.17. The number of aromatic amines is 1. The fraction of sp³-hybridized carbons (Fsp3) is 0.125. The monoisotopic (exact) mass is 447 g/mol. The van der Waals surface area contributed by atoms with E-state index < -0.39 is 4.92 Å². The number of phenols is 1. The van der Waals surface area contributed by atoms with Gasteiger partial charge in [0, 0.05) is 23.8 Å². The molecule has 0 atom stereocenters. The van der Waals surface area contributed by atoms with Crippen molar-refractivity contribution in [2.24, 2.45) is 0 Å². The van der Waals surface area contributed by atoms with Gasteiger partial charge in [-0.15, -0.1) is 0 Å². The van der Waals surface area contributed by atoms with Crippen LogP contribution < -0.4 is 14.2 Å².